The van der Waals surface area contributed by atoms with Crippen LogP contribution in [0.1, 0.15) is 31.2 Å². The summed E-state index contributed by atoms with van der Waals surface area (Å²) in [7, 11) is 0. The number of hydrogen-bond acceptors (Lipinski definition) is 3. The van der Waals surface area contributed by atoms with E-state index in [0.29, 0.717) is 18.9 Å². The Kier molecular flexibility index (Phi) is 5.01. The number of para-hydroxylation sites is 1. The number of carbonyl (C=O) groups excluding carboxylic acids is 1. The molecule has 0 saturated carbocycles. The van der Waals surface area contributed by atoms with E-state index in [1.807, 2.05) is 19.1 Å². The first kappa shape index (κ1) is 14.9. The van der Waals surface area contributed by atoms with Gasteiger partial charge in [-0.1, -0.05) is 12.1 Å². The van der Waals surface area contributed by atoms with E-state index in [2.05, 4.69) is 22.5 Å². The van der Waals surface area contributed by atoms with E-state index in [9.17, 15) is 4.79 Å². The number of nitrogens with zero attached hydrogens (tertiary/aromatic N) is 2. The molecule has 5 heteroatoms. The first-order valence-electron chi connectivity index (χ1n) is 6.83. The van der Waals surface area contributed by atoms with Crippen molar-refractivity contribution in [3.05, 3.63) is 29.6 Å². The van der Waals surface area contributed by atoms with Crippen molar-refractivity contribution in [3.8, 4) is 0 Å². The lowest BCUT2D eigenvalue weighted by molar-refractivity contribution is -0.143. The Morgan fingerprint density at radius 1 is 1.45 bits per heavy atom. The van der Waals surface area contributed by atoms with Gasteiger partial charge in [-0.15, -0.1) is 11.6 Å². The van der Waals surface area contributed by atoms with Crippen LogP contribution < -0.4 is 0 Å². The molecule has 1 aromatic heterocycles. The Labute approximate surface area is 123 Å². The number of alkyl halides is 1. The minimum atomic E-state index is -0.152. The minimum absolute atomic E-state index is 0.152. The highest BCUT2D eigenvalue weighted by atomic mass is 35.5. The molecule has 0 aliphatic heterocycles. The fourth-order valence-electron chi connectivity index (χ4n) is 2.37. The van der Waals surface area contributed by atoms with Gasteiger partial charge in [-0.3, -0.25) is 4.79 Å². The summed E-state index contributed by atoms with van der Waals surface area (Å²) < 4.78 is 7.05. The zero-order chi connectivity index (χ0) is 14.5. The maximum atomic E-state index is 11.4. The lowest BCUT2D eigenvalue weighted by atomic mass is 10.2. The van der Waals surface area contributed by atoms with Gasteiger partial charge in [0.05, 0.1) is 23.5 Å². The number of hydrogen-bond donors (Lipinski definition) is 0. The van der Waals surface area contributed by atoms with Crippen molar-refractivity contribution in [2.24, 2.45) is 0 Å². The van der Waals surface area contributed by atoms with Crippen LogP contribution in [-0.2, 0) is 22.0 Å². The first-order valence-corrected chi connectivity index (χ1v) is 7.37. The van der Waals surface area contributed by atoms with E-state index in [-0.39, 0.29) is 5.97 Å². The summed E-state index contributed by atoms with van der Waals surface area (Å²) >= 11 is 5.97. The number of imidazole rings is 1. The molecular weight excluding hydrogens is 276 g/mol. The number of aromatic nitrogens is 2. The van der Waals surface area contributed by atoms with Crippen LogP contribution in [0.3, 0.4) is 0 Å². The van der Waals surface area contributed by atoms with Crippen LogP contribution in [0, 0.1) is 6.92 Å². The van der Waals surface area contributed by atoms with Crippen molar-refractivity contribution in [2.75, 3.05) is 6.61 Å². The average Bonchev–Trinajstić information content (AvgIpc) is 2.78. The largest absolute Gasteiger partial charge is 0.466 e. The van der Waals surface area contributed by atoms with Crippen LogP contribution in [-0.4, -0.2) is 22.1 Å². The second-order valence-electron chi connectivity index (χ2n) is 4.66. The molecule has 0 bridgehead atoms. The monoisotopic (exact) mass is 294 g/mol. The summed E-state index contributed by atoms with van der Waals surface area (Å²) in [6.45, 7) is 5.03. The van der Waals surface area contributed by atoms with Crippen molar-refractivity contribution >= 4 is 28.6 Å². The molecular formula is C15H19ClN2O2. The van der Waals surface area contributed by atoms with Crippen molar-refractivity contribution < 1.29 is 9.53 Å². The molecule has 0 fully saturated rings. The van der Waals surface area contributed by atoms with Gasteiger partial charge in [-0.25, -0.2) is 4.98 Å². The minimum Gasteiger partial charge on any atom is -0.466 e. The summed E-state index contributed by atoms with van der Waals surface area (Å²) in [4.78, 5) is 15.9. The predicted molar refractivity (Wildman–Crippen MR) is 79.9 cm³/mol. The number of benzene rings is 1. The molecule has 0 radical (unpaired) electrons. The lowest BCUT2D eigenvalue weighted by Crippen LogP contribution is -2.08. The first-order chi connectivity index (χ1) is 9.67. The average molecular weight is 295 g/mol. The molecule has 0 atom stereocenters. The normalized spacial score (nSPS) is 10.9. The lowest BCUT2D eigenvalue weighted by Gasteiger charge is -2.09. The van der Waals surface area contributed by atoms with Crippen molar-refractivity contribution in [1.29, 1.82) is 0 Å². The quantitative estimate of drug-likeness (QED) is 0.605. The smallest absolute Gasteiger partial charge is 0.305 e. The molecule has 2 aromatic rings. The van der Waals surface area contributed by atoms with Crippen LogP contribution in [0.25, 0.3) is 11.0 Å². The fraction of sp³-hybridized carbons (Fsp3) is 0.467. The van der Waals surface area contributed by atoms with Crippen LogP contribution >= 0.6 is 11.6 Å². The van der Waals surface area contributed by atoms with Crippen LogP contribution in [0.5, 0.6) is 0 Å². The number of fused-ring (bicyclic) bond motifs is 1. The van der Waals surface area contributed by atoms with Crippen molar-refractivity contribution in [3.63, 3.8) is 0 Å². The SMILES string of the molecule is CCOC(=O)CCCn1c(CCl)nc2cccc(C)c21. The van der Waals surface area contributed by atoms with Gasteiger partial charge in [0.2, 0.25) is 0 Å². The Balaban J connectivity index is 2.18. The molecule has 0 N–H and O–H groups in total. The molecule has 1 aromatic carbocycles. The van der Waals surface area contributed by atoms with E-state index in [1.54, 1.807) is 0 Å². The Morgan fingerprint density at radius 3 is 2.95 bits per heavy atom. The van der Waals surface area contributed by atoms with E-state index in [1.165, 1.54) is 5.56 Å². The molecule has 20 heavy (non-hydrogen) atoms. The number of ether oxygens (including phenoxy) is 1. The Hall–Kier alpha value is -1.55. The topological polar surface area (TPSA) is 44.1 Å². The molecule has 0 aliphatic rings. The van der Waals surface area contributed by atoms with Gasteiger partial charge in [0.15, 0.2) is 0 Å². The molecule has 0 aliphatic carbocycles. The highest BCUT2D eigenvalue weighted by molar-refractivity contribution is 6.16. The highest BCUT2D eigenvalue weighted by Gasteiger charge is 2.12. The third kappa shape index (κ3) is 3.12. The predicted octanol–water partition coefficient (Wildman–Crippen LogP) is 3.43. The van der Waals surface area contributed by atoms with Gasteiger partial charge < -0.3 is 9.30 Å². The van der Waals surface area contributed by atoms with E-state index < -0.39 is 0 Å². The Morgan fingerprint density at radius 2 is 2.25 bits per heavy atom. The maximum absolute atomic E-state index is 11.4. The number of esters is 1. The Bertz CT molecular complexity index is 607. The molecule has 2 rings (SSSR count). The van der Waals surface area contributed by atoms with Crippen LogP contribution in [0.2, 0.25) is 0 Å². The molecule has 0 unspecified atom stereocenters. The fourth-order valence-corrected chi connectivity index (χ4v) is 2.57. The van der Waals surface area contributed by atoms with E-state index in [4.69, 9.17) is 16.3 Å². The van der Waals surface area contributed by atoms with Gasteiger partial charge in [0, 0.05) is 13.0 Å². The molecule has 4 nitrogen and oxygen atoms in total. The summed E-state index contributed by atoms with van der Waals surface area (Å²) in [5.74, 6) is 1.06. The van der Waals surface area contributed by atoms with E-state index in [0.717, 1.165) is 29.8 Å². The number of halogens is 1. The molecule has 0 amide bonds. The van der Waals surface area contributed by atoms with Gasteiger partial charge in [0.1, 0.15) is 5.82 Å². The molecule has 1 heterocycles. The van der Waals surface area contributed by atoms with Gasteiger partial charge >= 0.3 is 5.97 Å². The zero-order valence-electron chi connectivity index (χ0n) is 11.9. The van der Waals surface area contributed by atoms with Crippen LogP contribution in [0.15, 0.2) is 18.2 Å². The number of aryl methyl sites for hydroxylation is 2. The maximum Gasteiger partial charge on any atom is 0.305 e. The number of rotatable bonds is 6. The third-order valence-electron chi connectivity index (χ3n) is 3.23. The summed E-state index contributed by atoms with van der Waals surface area (Å²) in [6, 6.07) is 6.04. The summed E-state index contributed by atoms with van der Waals surface area (Å²) in [6.07, 6.45) is 1.14. The summed E-state index contributed by atoms with van der Waals surface area (Å²) in [5, 5.41) is 0. The highest BCUT2D eigenvalue weighted by Crippen LogP contribution is 2.21. The van der Waals surface area contributed by atoms with Crippen molar-refractivity contribution in [1.82, 2.24) is 9.55 Å². The van der Waals surface area contributed by atoms with Gasteiger partial charge in [0.25, 0.3) is 0 Å². The van der Waals surface area contributed by atoms with Crippen molar-refractivity contribution in [2.45, 2.75) is 39.1 Å². The second kappa shape index (κ2) is 6.75. The summed E-state index contributed by atoms with van der Waals surface area (Å²) in [5.41, 5.74) is 3.23. The molecule has 0 spiro atoms. The van der Waals surface area contributed by atoms with Crippen LogP contribution in [0.4, 0.5) is 0 Å². The molecule has 108 valence electrons. The van der Waals surface area contributed by atoms with E-state index >= 15 is 0 Å². The second-order valence-corrected chi connectivity index (χ2v) is 4.93. The standard InChI is InChI=1S/C15H19ClN2O2/c1-3-20-14(19)8-5-9-18-13(10-16)17-12-7-4-6-11(2)15(12)18/h4,6-7H,3,5,8-10H2,1-2H3. The third-order valence-corrected chi connectivity index (χ3v) is 3.47. The zero-order valence-corrected chi connectivity index (χ0v) is 12.6. The van der Waals surface area contributed by atoms with Gasteiger partial charge in [-0.05, 0) is 31.9 Å². The molecule has 0 saturated heterocycles. The van der Waals surface area contributed by atoms with Gasteiger partial charge in [-0.2, -0.15) is 0 Å². The number of carbonyl (C=O) groups is 1.